The molecule has 8 nitrogen and oxygen atoms in total. The van der Waals surface area contributed by atoms with Gasteiger partial charge in [0.05, 0.1) is 38.9 Å². The molecule has 2 aliphatic heterocycles. The molecule has 170 valence electrons. The Morgan fingerprint density at radius 3 is 2.59 bits per heavy atom. The lowest BCUT2D eigenvalue weighted by molar-refractivity contribution is -0.141. The molecule has 1 aromatic carbocycles. The summed E-state index contributed by atoms with van der Waals surface area (Å²) in [6.07, 6.45) is 3.85. The minimum absolute atomic E-state index is 0.0281. The molecule has 2 atom stereocenters. The molecule has 0 unspecified atom stereocenters. The van der Waals surface area contributed by atoms with Crippen molar-refractivity contribution in [3.8, 4) is 5.75 Å². The highest BCUT2D eigenvalue weighted by Gasteiger charge is 2.35. The highest BCUT2D eigenvalue weighted by Crippen LogP contribution is 2.20. The van der Waals surface area contributed by atoms with Crippen molar-refractivity contribution in [1.82, 2.24) is 14.8 Å². The van der Waals surface area contributed by atoms with Gasteiger partial charge in [-0.25, -0.2) is 0 Å². The van der Waals surface area contributed by atoms with Gasteiger partial charge in [0.2, 0.25) is 11.8 Å². The summed E-state index contributed by atoms with van der Waals surface area (Å²) in [5, 5.41) is 0. The van der Waals surface area contributed by atoms with Crippen LogP contribution in [0.2, 0.25) is 0 Å². The van der Waals surface area contributed by atoms with E-state index in [1.807, 2.05) is 36.4 Å². The highest BCUT2D eigenvalue weighted by atomic mass is 16.5. The minimum atomic E-state index is -0.292. The maximum absolute atomic E-state index is 13.1. The zero-order chi connectivity index (χ0) is 22.3. The van der Waals surface area contributed by atoms with Gasteiger partial charge in [0.1, 0.15) is 5.75 Å². The Morgan fingerprint density at radius 1 is 1.12 bits per heavy atom. The third kappa shape index (κ3) is 5.63. The van der Waals surface area contributed by atoms with E-state index in [0.29, 0.717) is 45.9 Å². The normalized spacial score (nSPS) is 21.5. The van der Waals surface area contributed by atoms with Gasteiger partial charge in [0, 0.05) is 38.6 Å². The van der Waals surface area contributed by atoms with E-state index in [-0.39, 0.29) is 30.4 Å². The van der Waals surface area contributed by atoms with Crippen LogP contribution in [-0.2, 0) is 32.2 Å². The van der Waals surface area contributed by atoms with Crippen LogP contribution in [0.15, 0.2) is 48.8 Å². The summed E-state index contributed by atoms with van der Waals surface area (Å²) in [4.78, 5) is 33.6. The lowest BCUT2D eigenvalue weighted by atomic mass is 10.1. The summed E-state index contributed by atoms with van der Waals surface area (Å²) in [7, 11) is 1.62. The maximum Gasteiger partial charge on any atom is 0.242 e. The number of carbonyl (C=O) groups excluding carboxylic acids is 2. The summed E-state index contributed by atoms with van der Waals surface area (Å²) in [6.45, 7) is 2.71. The van der Waals surface area contributed by atoms with Gasteiger partial charge in [-0.1, -0.05) is 12.1 Å². The van der Waals surface area contributed by atoms with Crippen LogP contribution < -0.4 is 4.74 Å². The second-order valence-corrected chi connectivity index (χ2v) is 8.19. The van der Waals surface area contributed by atoms with E-state index in [0.717, 1.165) is 16.9 Å². The third-order valence-electron chi connectivity index (χ3n) is 5.89. The minimum Gasteiger partial charge on any atom is -0.497 e. The van der Waals surface area contributed by atoms with Gasteiger partial charge < -0.3 is 24.0 Å². The molecule has 8 heteroatoms. The number of ether oxygens (including phenoxy) is 3. The fourth-order valence-corrected chi connectivity index (χ4v) is 4.04. The largest absolute Gasteiger partial charge is 0.497 e. The SMILES string of the molecule is COc1ccc(CN2C[C@H](OCc3ccncc3)CN(C(=O)[C@H]3CCOC3)CC2=O)cc1. The Hall–Kier alpha value is -2.97. The van der Waals surface area contributed by atoms with Crippen molar-refractivity contribution in [2.75, 3.05) is 40.0 Å². The first-order valence-corrected chi connectivity index (χ1v) is 10.9. The van der Waals surface area contributed by atoms with Gasteiger partial charge >= 0.3 is 0 Å². The zero-order valence-corrected chi connectivity index (χ0v) is 18.3. The van der Waals surface area contributed by atoms with Crippen molar-refractivity contribution >= 4 is 11.8 Å². The monoisotopic (exact) mass is 439 g/mol. The number of methoxy groups -OCH3 is 1. The molecular formula is C24H29N3O5. The van der Waals surface area contributed by atoms with Crippen LogP contribution in [0.1, 0.15) is 17.5 Å². The fourth-order valence-electron chi connectivity index (χ4n) is 4.04. The summed E-state index contributed by atoms with van der Waals surface area (Å²) in [5.74, 6) is 0.476. The number of pyridine rings is 1. The second-order valence-electron chi connectivity index (χ2n) is 8.19. The Morgan fingerprint density at radius 2 is 1.91 bits per heavy atom. The van der Waals surface area contributed by atoms with E-state index < -0.39 is 0 Å². The van der Waals surface area contributed by atoms with Gasteiger partial charge in [-0.15, -0.1) is 0 Å². The van der Waals surface area contributed by atoms with Gasteiger partial charge in [0.15, 0.2) is 0 Å². The van der Waals surface area contributed by atoms with E-state index >= 15 is 0 Å². The Balaban J connectivity index is 1.48. The van der Waals surface area contributed by atoms with Gasteiger partial charge in [-0.3, -0.25) is 14.6 Å². The van der Waals surface area contributed by atoms with Crippen molar-refractivity contribution < 1.29 is 23.8 Å². The van der Waals surface area contributed by atoms with Crippen molar-refractivity contribution in [3.63, 3.8) is 0 Å². The number of hydrogen-bond acceptors (Lipinski definition) is 6. The average Bonchev–Trinajstić information content (AvgIpc) is 3.32. The predicted octanol–water partition coefficient (Wildman–Crippen LogP) is 1.88. The molecule has 0 spiro atoms. The quantitative estimate of drug-likeness (QED) is 0.655. The van der Waals surface area contributed by atoms with Crippen LogP contribution in [0.5, 0.6) is 5.75 Å². The Bertz CT molecular complexity index is 900. The summed E-state index contributed by atoms with van der Waals surface area (Å²) in [6, 6.07) is 11.5. The first kappa shape index (κ1) is 22.2. The standard InChI is InChI=1S/C24H29N3O5/c1-30-21-4-2-18(3-5-21)12-26-13-22(32-16-19-6-9-25-10-7-19)14-27(15-23(26)28)24(29)20-8-11-31-17-20/h2-7,9-10,20,22H,8,11-17H2,1H3/t20-,22-/m0/s1. The van der Waals surface area contributed by atoms with Crippen LogP contribution in [0.3, 0.4) is 0 Å². The van der Waals surface area contributed by atoms with Gasteiger partial charge in [-0.05, 0) is 41.8 Å². The van der Waals surface area contributed by atoms with Crippen LogP contribution in [0.4, 0.5) is 0 Å². The molecular weight excluding hydrogens is 410 g/mol. The van der Waals surface area contributed by atoms with Gasteiger partial charge in [-0.2, -0.15) is 0 Å². The second kappa shape index (κ2) is 10.6. The molecule has 4 rings (SSSR count). The van der Waals surface area contributed by atoms with E-state index in [9.17, 15) is 9.59 Å². The molecule has 1 aromatic heterocycles. The van der Waals surface area contributed by atoms with Crippen molar-refractivity contribution in [2.24, 2.45) is 5.92 Å². The van der Waals surface area contributed by atoms with E-state index in [1.54, 1.807) is 29.3 Å². The average molecular weight is 440 g/mol. The molecule has 0 bridgehead atoms. The fraction of sp³-hybridized carbons (Fsp3) is 0.458. The number of amides is 2. The number of hydrogen-bond donors (Lipinski definition) is 0. The molecule has 32 heavy (non-hydrogen) atoms. The van der Waals surface area contributed by atoms with E-state index in [4.69, 9.17) is 14.2 Å². The maximum atomic E-state index is 13.1. The number of carbonyl (C=O) groups is 2. The van der Waals surface area contributed by atoms with E-state index in [1.165, 1.54) is 0 Å². The summed E-state index contributed by atoms with van der Waals surface area (Å²) < 4.78 is 16.8. The number of benzene rings is 1. The molecule has 3 heterocycles. The molecule has 0 aliphatic carbocycles. The predicted molar refractivity (Wildman–Crippen MR) is 117 cm³/mol. The molecule has 2 aliphatic rings. The molecule has 2 saturated heterocycles. The molecule has 2 amide bonds. The first-order valence-electron chi connectivity index (χ1n) is 10.9. The smallest absolute Gasteiger partial charge is 0.242 e. The van der Waals surface area contributed by atoms with Crippen molar-refractivity contribution in [2.45, 2.75) is 25.7 Å². The topological polar surface area (TPSA) is 81.2 Å². The number of nitrogens with zero attached hydrogens (tertiary/aromatic N) is 3. The highest BCUT2D eigenvalue weighted by molar-refractivity contribution is 5.86. The Labute approximate surface area is 188 Å². The lowest BCUT2D eigenvalue weighted by Gasteiger charge is -2.26. The molecule has 2 aromatic rings. The third-order valence-corrected chi connectivity index (χ3v) is 5.89. The first-order chi connectivity index (χ1) is 15.6. The van der Waals surface area contributed by atoms with Crippen molar-refractivity contribution in [3.05, 3.63) is 59.9 Å². The van der Waals surface area contributed by atoms with Crippen LogP contribution in [-0.4, -0.2) is 72.7 Å². The van der Waals surface area contributed by atoms with E-state index in [2.05, 4.69) is 4.98 Å². The molecule has 0 N–H and O–H groups in total. The number of rotatable bonds is 7. The molecule has 2 fully saturated rings. The van der Waals surface area contributed by atoms with Crippen molar-refractivity contribution in [1.29, 1.82) is 0 Å². The van der Waals surface area contributed by atoms with Crippen LogP contribution in [0, 0.1) is 5.92 Å². The molecule has 0 radical (unpaired) electrons. The van der Waals surface area contributed by atoms with Crippen LogP contribution in [0.25, 0.3) is 0 Å². The lowest BCUT2D eigenvalue weighted by Crippen LogP contribution is -2.43. The van der Waals surface area contributed by atoms with Gasteiger partial charge in [0.25, 0.3) is 0 Å². The summed E-state index contributed by atoms with van der Waals surface area (Å²) in [5.41, 5.74) is 2.00. The number of aromatic nitrogens is 1. The van der Waals surface area contributed by atoms with Crippen LogP contribution >= 0.6 is 0 Å². The summed E-state index contributed by atoms with van der Waals surface area (Å²) >= 11 is 0. The Kier molecular flexibility index (Phi) is 7.34. The zero-order valence-electron chi connectivity index (χ0n) is 18.3. The molecule has 0 saturated carbocycles.